The lowest BCUT2D eigenvalue weighted by atomic mass is 9.87. The van der Waals surface area contributed by atoms with E-state index in [1.54, 1.807) is 11.1 Å². The molecule has 0 N–H and O–H groups in total. The third-order valence-electron chi connectivity index (χ3n) is 6.53. The van der Waals surface area contributed by atoms with E-state index in [4.69, 9.17) is 15.0 Å². The van der Waals surface area contributed by atoms with Crippen LogP contribution in [0.1, 0.15) is 96.6 Å². The maximum Gasteiger partial charge on any atom is 0.146 e. The van der Waals surface area contributed by atoms with Gasteiger partial charge in [0.25, 0.3) is 0 Å². The van der Waals surface area contributed by atoms with Gasteiger partial charge in [0.15, 0.2) is 0 Å². The third kappa shape index (κ3) is 4.12. The molecule has 4 nitrogen and oxygen atoms in total. The molecule has 0 radical (unpaired) electrons. The molecule has 0 spiro atoms. The second kappa shape index (κ2) is 9.63. The summed E-state index contributed by atoms with van der Waals surface area (Å²) < 4.78 is 0. The molecule has 158 valence electrons. The van der Waals surface area contributed by atoms with Crippen molar-refractivity contribution in [3.63, 3.8) is 0 Å². The minimum absolute atomic E-state index is 0.281. The summed E-state index contributed by atoms with van der Waals surface area (Å²) in [5, 5.41) is 0.281. The number of nitrogens with zero attached hydrogens (tertiary/aromatic N) is 4. The number of thioether (sulfide) groups is 1. The summed E-state index contributed by atoms with van der Waals surface area (Å²) in [5.74, 6) is 1.56. The molecule has 0 fully saturated rings. The molecule has 0 bridgehead atoms. The van der Waals surface area contributed by atoms with E-state index in [2.05, 4.69) is 25.7 Å². The Balaban J connectivity index is 1.67. The van der Waals surface area contributed by atoms with Gasteiger partial charge in [-0.05, 0) is 50.5 Å². The Kier molecular flexibility index (Phi) is 6.94. The number of aliphatic imine (C=N–C) groups is 1. The first-order chi connectivity index (χ1) is 14.3. The maximum absolute atomic E-state index is 5.30. The highest BCUT2D eigenvalue weighted by atomic mass is 32.2. The van der Waals surface area contributed by atoms with Crippen LogP contribution >= 0.6 is 11.8 Å². The third-order valence-corrected chi connectivity index (χ3v) is 7.77. The minimum Gasteiger partial charge on any atom is -0.356 e. The Morgan fingerprint density at radius 2 is 1.76 bits per heavy atom. The molecule has 1 aromatic heterocycles. The van der Waals surface area contributed by atoms with Gasteiger partial charge in [-0.3, -0.25) is 4.99 Å². The average Bonchev–Trinajstić information content (AvgIpc) is 3.36. The highest BCUT2D eigenvalue weighted by Gasteiger charge is 2.44. The van der Waals surface area contributed by atoms with Crippen LogP contribution in [0.3, 0.4) is 0 Å². The van der Waals surface area contributed by atoms with Crippen LogP contribution in [-0.4, -0.2) is 34.1 Å². The highest BCUT2D eigenvalue weighted by Crippen LogP contribution is 2.56. The van der Waals surface area contributed by atoms with E-state index in [0.29, 0.717) is 5.92 Å². The van der Waals surface area contributed by atoms with Gasteiger partial charge in [-0.25, -0.2) is 9.97 Å². The molecule has 0 saturated heterocycles. The minimum atomic E-state index is 0.281. The molecule has 5 heteroatoms. The summed E-state index contributed by atoms with van der Waals surface area (Å²) in [6, 6.07) is 0. The van der Waals surface area contributed by atoms with Gasteiger partial charge < -0.3 is 4.90 Å². The number of fused-ring (bicyclic) bond motifs is 4. The van der Waals surface area contributed by atoms with Gasteiger partial charge in [0, 0.05) is 18.8 Å². The lowest BCUT2D eigenvalue weighted by Crippen LogP contribution is -2.27. The fourth-order valence-corrected chi connectivity index (χ4v) is 6.39. The van der Waals surface area contributed by atoms with Gasteiger partial charge in [-0.2, -0.15) is 0 Å². The molecular weight excluding hydrogens is 376 g/mol. The Morgan fingerprint density at radius 3 is 2.48 bits per heavy atom. The van der Waals surface area contributed by atoms with Gasteiger partial charge in [0.2, 0.25) is 0 Å². The first-order valence-electron chi connectivity index (χ1n) is 11.8. The van der Waals surface area contributed by atoms with E-state index < -0.39 is 0 Å². The van der Waals surface area contributed by atoms with E-state index in [1.807, 2.05) is 18.1 Å². The van der Waals surface area contributed by atoms with Crippen LogP contribution < -0.4 is 4.90 Å². The molecule has 0 aromatic carbocycles. The number of hydrogen-bond donors (Lipinski definition) is 0. The van der Waals surface area contributed by atoms with Crippen LogP contribution in [0.5, 0.6) is 0 Å². The first-order valence-corrected chi connectivity index (χ1v) is 12.7. The smallest absolute Gasteiger partial charge is 0.146 e. The molecule has 3 heterocycles. The number of allylic oxidation sites excluding steroid dienone is 1. The van der Waals surface area contributed by atoms with Crippen LogP contribution in [-0.2, 0) is 0 Å². The Labute approximate surface area is 180 Å². The number of anilines is 1. The quantitative estimate of drug-likeness (QED) is 0.438. The van der Waals surface area contributed by atoms with E-state index in [1.165, 1.54) is 79.9 Å². The largest absolute Gasteiger partial charge is 0.356 e. The summed E-state index contributed by atoms with van der Waals surface area (Å²) in [5.41, 5.74) is 5.91. The van der Waals surface area contributed by atoms with Crippen LogP contribution in [0.2, 0.25) is 0 Å². The van der Waals surface area contributed by atoms with E-state index in [-0.39, 0.29) is 5.37 Å². The van der Waals surface area contributed by atoms with Crippen LogP contribution in [0.25, 0.3) is 0 Å². The fraction of sp³-hybridized carbons (Fsp3) is 0.708. The molecule has 4 rings (SSSR count). The normalized spacial score (nSPS) is 22.4. The summed E-state index contributed by atoms with van der Waals surface area (Å²) in [4.78, 5) is 18.8. The van der Waals surface area contributed by atoms with Gasteiger partial charge in [0.05, 0.1) is 16.5 Å². The zero-order valence-corrected chi connectivity index (χ0v) is 19.2. The number of hydrogen-bond acceptors (Lipinski definition) is 5. The molecule has 0 saturated carbocycles. The van der Waals surface area contributed by atoms with Crippen LogP contribution in [0.15, 0.2) is 27.4 Å². The van der Waals surface area contributed by atoms with Crippen LogP contribution in [0.4, 0.5) is 5.82 Å². The second-order valence-electron chi connectivity index (χ2n) is 8.63. The number of unbranched alkanes of at least 4 members (excludes halogenated alkanes) is 3. The zero-order valence-electron chi connectivity index (χ0n) is 18.4. The number of rotatable bonds is 10. The number of dihydropyridines is 1. The van der Waals surface area contributed by atoms with Gasteiger partial charge in [0.1, 0.15) is 17.5 Å². The molecule has 0 unspecified atom stereocenters. The summed E-state index contributed by atoms with van der Waals surface area (Å²) >= 11 is 1.94. The van der Waals surface area contributed by atoms with E-state index in [0.717, 1.165) is 19.5 Å². The van der Waals surface area contributed by atoms with Crippen molar-refractivity contribution >= 4 is 23.3 Å². The molecule has 0 amide bonds. The van der Waals surface area contributed by atoms with Crippen molar-refractivity contribution in [2.24, 2.45) is 4.99 Å². The van der Waals surface area contributed by atoms with E-state index in [9.17, 15) is 0 Å². The summed E-state index contributed by atoms with van der Waals surface area (Å²) in [6.45, 7) is 9.00. The standard InChI is InChI=1S/C24H36N4S/c1-4-7-13-19-17-11-10-12-18(17)20-21-22(29-24(20)27-19)23(26-16-25-21)28(14-8-5-2)15-9-6-3/h16,20,24H,4-15H2,1-3H3/t20-,24-/m0/s1. The van der Waals surface area contributed by atoms with Crippen molar-refractivity contribution in [1.82, 2.24) is 9.97 Å². The maximum atomic E-state index is 5.30. The fourth-order valence-electron chi connectivity index (χ4n) is 4.95. The lowest BCUT2D eigenvalue weighted by Gasteiger charge is -2.26. The van der Waals surface area contributed by atoms with Crippen molar-refractivity contribution in [3.05, 3.63) is 23.2 Å². The molecule has 1 aromatic rings. The lowest BCUT2D eigenvalue weighted by molar-refractivity contribution is 0.657. The summed E-state index contributed by atoms with van der Waals surface area (Å²) in [6.07, 6.45) is 14.1. The Bertz CT molecular complexity index is 777. The second-order valence-corrected chi connectivity index (χ2v) is 9.76. The van der Waals surface area contributed by atoms with Gasteiger partial charge in [-0.15, -0.1) is 0 Å². The van der Waals surface area contributed by atoms with Crippen molar-refractivity contribution in [2.45, 2.75) is 101 Å². The molecule has 2 aliphatic heterocycles. The topological polar surface area (TPSA) is 41.4 Å². The monoisotopic (exact) mass is 412 g/mol. The van der Waals surface area contributed by atoms with Gasteiger partial charge in [-0.1, -0.05) is 57.4 Å². The molecule has 2 atom stereocenters. The molecular formula is C24H36N4S. The molecule has 3 aliphatic rings. The number of aromatic nitrogens is 2. The predicted octanol–water partition coefficient (Wildman–Crippen LogP) is 6.52. The highest BCUT2D eigenvalue weighted by molar-refractivity contribution is 8.00. The van der Waals surface area contributed by atoms with E-state index >= 15 is 0 Å². The molecule has 1 aliphatic carbocycles. The van der Waals surface area contributed by atoms with Gasteiger partial charge >= 0.3 is 0 Å². The zero-order chi connectivity index (χ0) is 20.2. The SMILES string of the molecule is CCCCC1=N[C@H]2Sc3c(ncnc3N(CCCC)CCCC)[C@@H]2C2=C1CCC2. The Hall–Kier alpha value is -1.36. The van der Waals surface area contributed by atoms with Crippen LogP contribution in [0, 0.1) is 0 Å². The predicted molar refractivity (Wildman–Crippen MR) is 124 cm³/mol. The van der Waals surface area contributed by atoms with Crippen molar-refractivity contribution in [3.8, 4) is 0 Å². The van der Waals surface area contributed by atoms with Crippen molar-refractivity contribution < 1.29 is 0 Å². The first kappa shape index (κ1) is 20.9. The summed E-state index contributed by atoms with van der Waals surface area (Å²) in [7, 11) is 0. The average molecular weight is 413 g/mol. The van der Waals surface area contributed by atoms with Crippen molar-refractivity contribution in [1.29, 1.82) is 0 Å². The molecule has 29 heavy (non-hydrogen) atoms. The van der Waals surface area contributed by atoms with Crippen molar-refractivity contribution in [2.75, 3.05) is 18.0 Å². The Morgan fingerprint density at radius 1 is 1.00 bits per heavy atom.